The first kappa shape index (κ1) is 17.3. The van der Waals surface area contributed by atoms with Gasteiger partial charge in [-0.05, 0) is 44.9 Å². The number of alkyl carbamates (subject to hydrolysis) is 1. The molecule has 2 aromatic carbocycles. The highest BCUT2D eigenvalue weighted by molar-refractivity contribution is 5.67. The Bertz CT molecular complexity index is 783. The SMILES string of the molecule is CC(C)(C)OC(=O)NC[C@H]1Cc2ccccc2Oc2cc(F)ccc21. The lowest BCUT2D eigenvalue weighted by Gasteiger charge is -2.22. The summed E-state index contributed by atoms with van der Waals surface area (Å²) in [7, 11) is 0. The van der Waals surface area contributed by atoms with E-state index in [1.807, 2.05) is 45.0 Å². The molecule has 0 aromatic heterocycles. The number of benzene rings is 2. The fourth-order valence-corrected chi connectivity index (χ4v) is 2.90. The Labute approximate surface area is 147 Å². The molecule has 2 aromatic rings. The van der Waals surface area contributed by atoms with Crippen molar-refractivity contribution in [2.24, 2.45) is 0 Å². The lowest BCUT2D eigenvalue weighted by atomic mass is 9.92. The maximum atomic E-state index is 13.7. The van der Waals surface area contributed by atoms with Gasteiger partial charge < -0.3 is 14.8 Å². The van der Waals surface area contributed by atoms with Crippen molar-refractivity contribution >= 4 is 6.09 Å². The topological polar surface area (TPSA) is 47.6 Å². The molecular weight excluding hydrogens is 321 g/mol. The number of hydrogen-bond acceptors (Lipinski definition) is 3. The fourth-order valence-electron chi connectivity index (χ4n) is 2.90. The maximum Gasteiger partial charge on any atom is 0.407 e. The number of ether oxygens (including phenoxy) is 2. The lowest BCUT2D eigenvalue weighted by molar-refractivity contribution is 0.0524. The molecule has 0 spiro atoms. The van der Waals surface area contributed by atoms with Gasteiger partial charge in [0.15, 0.2) is 0 Å². The van der Waals surface area contributed by atoms with E-state index in [4.69, 9.17) is 9.47 Å². The number of amides is 1. The highest BCUT2D eigenvalue weighted by atomic mass is 19.1. The average molecular weight is 343 g/mol. The third kappa shape index (κ3) is 4.29. The van der Waals surface area contributed by atoms with Crippen LogP contribution >= 0.6 is 0 Å². The molecule has 132 valence electrons. The molecule has 1 aliphatic heterocycles. The van der Waals surface area contributed by atoms with Crippen LogP contribution in [-0.2, 0) is 11.2 Å². The van der Waals surface area contributed by atoms with Crippen molar-refractivity contribution in [3.8, 4) is 11.5 Å². The minimum absolute atomic E-state index is 0.0354. The third-order valence-corrected chi connectivity index (χ3v) is 3.97. The Hall–Kier alpha value is -2.56. The van der Waals surface area contributed by atoms with Crippen LogP contribution in [0.4, 0.5) is 9.18 Å². The summed E-state index contributed by atoms with van der Waals surface area (Å²) in [6.45, 7) is 5.84. The van der Waals surface area contributed by atoms with Gasteiger partial charge in [0.05, 0.1) is 0 Å². The second-order valence-corrected chi connectivity index (χ2v) is 7.18. The second kappa shape index (κ2) is 6.75. The first-order chi connectivity index (χ1) is 11.8. The number of carbonyl (C=O) groups is 1. The predicted octanol–water partition coefficient (Wildman–Crippen LogP) is 4.78. The molecule has 1 aliphatic rings. The zero-order valence-electron chi connectivity index (χ0n) is 14.6. The molecule has 1 atom stereocenters. The minimum Gasteiger partial charge on any atom is -0.457 e. The minimum atomic E-state index is -0.551. The van der Waals surface area contributed by atoms with E-state index in [9.17, 15) is 9.18 Å². The van der Waals surface area contributed by atoms with Crippen LogP contribution in [0, 0.1) is 5.82 Å². The van der Waals surface area contributed by atoms with Crippen molar-refractivity contribution in [3.63, 3.8) is 0 Å². The molecule has 25 heavy (non-hydrogen) atoms. The van der Waals surface area contributed by atoms with Gasteiger partial charge in [-0.2, -0.15) is 0 Å². The zero-order valence-corrected chi connectivity index (χ0v) is 14.6. The maximum absolute atomic E-state index is 13.7. The molecule has 0 saturated heterocycles. The molecule has 1 N–H and O–H groups in total. The van der Waals surface area contributed by atoms with Crippen LogP contribution in [0.3, 0.4) is 0 Å². The number of hydrogen-bond donors (Lipinski definition) is 1. The normalized spacial score (nSPS) is 16.1. The van der Waals surface area contributed by atoms with Crippen molar-refractivity contribution in [1.29, 1.82) is 0 Å². The summed E-state index contributed by atoms with van der Waals surface area (Å²) >= 11 is 0. The zero-order chi connectivity index (χ0) is 18.0. The Morgan fingerprint density at radius 1 is 1.24 bits per heavy atom. The van der Waals surface area contributed by atoms with E-state index >= 15 is 0 Å². The number of rotatable bonds is 2. The van der Waals surface area contributed by atoms with Crippen LogP contribution in [0.15, 0.2) is 42.5 Å². The quantitative estimate of drug-likeness (QED) is 0.853. The molecule has 0 radical (unpaired) electrons. The molecule has 0 unspecified atom stereocenters. The van der Waals surface area contributed by atoms with E-state index in [-0.39, 0.29) is 11.7 Å². The summed E-state index contributed by atoms with van der Waals surface area (Å²) < 4.78 is 24.9. The summed E-state index contributed by atoms with van der Waals surface area (Å²) in [4.78, 5) is 12.0. The Kier molecular flexibility index (Phi) is 4.66. The van der Waals surface area contributed by atoms with Crippen LogP contribution in [0.1, 0.15) is 37.8 Å². The third-order valence-electron chi connectivity index (χ3n) is 3.97. The highest BCUT2D eigenvalue weighted by Crippen LogP contribution is 2.39. The molecule has 5 heteroatoms. The smallest absolute Gasteiger partial charge is 0.407 e. The van der Waals surface area contributed by atoms with Crippen molar-refractivity contribution < 1.29 is 18.7 Å². The molecule has 1 heterocycles. The molecule has 0 aliphatic carbocycles. The molecule has 3 rings (SSSR count). The van der Waals surface area contributed by atoms with Crippen LogP contribution in [0.25, 0.3) is 0 Å². The lowest BCUT2D eigenvalue weighted by Crippen LogP contribution is -2.35. The largest absolute Gasteiger partial charge is 0.457 e. The summed E-state index contributed by atoms with van der Waals surface area (Å²) in [6, 6.07) is 12.2. The molecule has 4 nitrogen and oxygen atoms in total. The van der Waals surface area contributed by atoms with E-state index in [1.54, 1.807) is 6.07 Å². The Balaban J connectivity index is 1.84. The summed E-state index contributed by atoms with van der Waals surface area (Å²) in [6.07, 6.45) is 0.222. The average Bonchev–Trinajstić information content (AvgIpc) is 2.67. The van der Waals surface area contributed by atoms with E-state index in [0.29, 0.717) is 24.5 Å². The van der Waals surface area contributed by atoms with E-state index in [2.05, 4.69) is 5.32 Å². The number of fused-ring (bicyclic) bond motifs is 2. The number of halogens is 1. The van der Waals surface area contributed by atoms with Crippen molar-refractivity contribution in [2.45, 2.75) is 38.7 Å². The molecular formula is C20H22FNO3. The van der Waals surface area contributed by atoms with Gasteiger partial charge in [-0.25, -0.2) is 9.18 Å². The summed E-state index contributed by atoms with van der Waals surface area (Å²) in [5.41, 5.74) is 1.34. The van der Waals surface area contributed by atoms with Gasteiger partial charge >= 0.3 is 6.09 Å². The number of carbonyl (C=O) groups excluding carboxylic acids is 1. The first-order valence-electron chi connectivity index (χ1n) is 8.34. The van der Waals surface area contributed by atoms with Crippen LogP contribution in [0.5, 0.6) is 11.5 Å². The van der Waals surface area contributed by atoms with E-state index in [0.717, 1.165) is 11.1 Å². The van der Waals surface area contributed by atoms with Crippen LogP contribution < -0.4 is 10.1 Å². The van der Waals surface area contributed by atoms with Gasteiger partial charge in [0, 0.05) is 24.1 Å². The Morgan fingerprint density at radius 2 is 2.00 bits per heavy atom. The highest BCUT2D eigenvalue weighted by Gasteiger charge is 2.25. The molecule has 0 bridgehead atoms. The summed E-state index contributed by atoms with van der Waals surface area (Å²) in [5.74, 6) is 0.818. The van der Waals surface area contributed by atoms with Gasteiger partial charge in [-0.3, -0.25) is 0 Å². The van der Waals surface area contributed by atoms with Gasteiger partial charge in [0.2, 0.25) is 0 Å². The van der Waals surface area contributed by atoms with Crippen LogP contribution in [0.2, 0.25) is 0 Å². The first-order valence-corrected chi connectivity index (χ1v) is 8.34. The van der Waals surface area contributed by atoms with Crippen molar-refractivity contribution in [1.82, 2.24) is 5.32 Å². The van der Waals surface area contributed by atoms with Crippen molar-refractivity contribution in [3.05, 3.63) is 59.4 Å². The number of para-hydroxylation sites is 1. The van der Waals surface area contributed by atoms with Crippen molar-refractivity contribution in [2.75, 3.05) is 6.54 Å². The molecule has 1 amide bonds. The predicted molar refractivity (Wildman–Crippen MR) is 93.6 cm³/mol. The standard InChI is InChI=1S/C20H22FNO3/c1-20(2,3)25-19(23)22-12-14-10-13-6-4-5-7-17(13)24-18-11-15(21)8-9-16(14)18/h4-9,11,14H,10,12H2,1-3H3,(H,22,23)/t14-/m1/s1. The fraction of sp³-hybridized carbons (Fsp3) is 0.350. The van der Waals surface area contributed by atoms with Gasteiger partial charge in [-0.15, -0.1) is 0 Å². The summed E-state index contributed by atoms with van der Waals surface area (Å²) in [5, 5.41) is 2.81. The molecule has 0 fully saturated rings. The van der Waals surface area contributed by atoms with Gasteiger partial charge in [0.1, 0.15) is 22.9 Å². The van der Waals surface area contributed by atoms with E-state index < -0.39 is 11.7 Å². The monoisotopic (exact) mass is 343 g/mol. The van der Waals surface area contributed by atoms with Crippen LogP contribution in [-0.4, -0.2) is 18.2 Å². The van der Waals surface area contributed by atoms with Gasteiger partial charge in [0.25, 0.3) is 0 Å². The Morgan fingerprint density at radius 3 is 2.76 bits per heavy atom. The number of nitrogens with one attached hydrogen (secondary N) is 1. The van der Waals surface area contributed by atoms with Gasteiger partial charge in [-0.1, -0.05) is 24.3 Å². The second-order valence-electron chi connectivity index (χ2n) is 7.18. The van der Waals surface area contributed by atoms with E-state index in [1.165, 1.54) is 12.1 Å². The molecule has 0 saturated carbocycles.